The number of pyridine rings is 1. The van der Waals surface area contributed by atoms with Crippen LogP contribution in [0.4, 0.5) is 0 Å². The number of nitrogens with zero attached hydrogens (tertiary/aromatic N) is 1. The van der Waals surface area contributed by atoms with Crippen LogP contribution in [-0.2, 0) is 13.5 Å². The summed E-state index contributed by atoms with van der Waals surface area (Å²) in [5, 5.41) is 2.84. The van der Waals surface area contributed by atoms with Crippen molar-refractivity contribution in [3.8, 4) is 11.5 Å². The van der Waals surface area contributed by atoms with E-state index in [0.717, 1.165) is 17.1 Å². The summed E-state index contributed by atoms with van der Waals surface area (Å²) in [7, 11) is 1.62. The molecule has 0 radical (unpaired) electrons. The topological polar surface area (TPSA) is 69.6 Å². The van der Waals surface area contributed by atoms with Crippen LogP contribution in [0.3, 0.4) is 0 Å². The van der Waals surface area contributed by atoms with Gasteiger partial charge >= 0.3 is 0 Å². The number of carbonyl (C=O) groups excluding carboxylic acids is 1. The van der Waals surface area contributed by atoms with Gasteiger partial charge in [-0.1, -0.05) is 6.07 Å². The van der Waals surface area contributed by atoms with Crippen LogP contribution < -0.4 is 20.3 Å². The molecule has 0 fully saturated rings. The van der Waals surface area contributed by atoms with Crippen LogP contribution in [0, 0.1) is 0 Å². The smallest absolute Gasteiger partial charge is 0.252 e. The number of fused-ring (bicyclic) bond motifs is 1. The van der Waals surface area contributed by atoms with E-state index >= 15 is 0 Å². The van der Waals surface area contributed by atoms with Crippen LogP contribution in [0.25, 0.3) is 0 Å². The van der Waals surface area contributed by atoms with E-state index in [-0.39, 0.29) is 18.3 Å². The van der Waals surface area contributed by atoms with E-state index in [1.807, 2.05) is 18.2 Å². The Morgan fingerprint density at radius 3 is 2.86 bits per heavy atom. The maximum atomic E-state index is 12.0. The molecule has 0 spiro atoms. The summed E-state index contributed by atoms with van der Waals surface area (Å²) in [6.07, 6.45) is 2.21. The number of ether oxygens (including phenoxy) is 2. The molecule has 2 heterocycles. The number of aryl methyl sites for hydroxylation is 1. The molecule has 6 nitrogen and oxygen atoms in total. The Kier molecular flexibility index (Phi) is 3.82. The van der Waals surface area contributed by atoms with Crippen molar-refractivity contribution < 1.29 is 14.3 Å². The third-order valence-electron chi connectivity index (χ3n) is 3.48. The lowest BCUT2D eigenvalue weighted by Crippen LogP contribution is -2.27. The fourth-order valence-electron chi connectivity index (χ4n) is 2.25. The zero-order valence-corrected chi connectivity index (χ0v) is 12.2. The minimum atomic E-state index is -0.198. The summed E-state index contributed by atoms with van der Waals surface area (Å²) in [4.78, 5) is 23.3. The lowest BCUT2D eigenvalue weighted by molar-refractivity contribution is 0.0953. The Labute approximate surface area is 127 Å². The molecule has 0 bridgehead atoms. The third kappa shape index (κ3) is 2.95. The summed E-state index contributed by atoms with van der Waals surface area (Å²) in [5.74, 6) is 1.29. The monoisotopic (exact) mass is 300 g/mol. The Morgan fingerprint density at radius 1 is 1.23 bits per heavy atom. The molecule has 1 amide bonds. The van der Waals surface area contributed by atoms with Crippen molar-refractivity contribution >= 4 is 5.91 Å². The van der Waals surface area contributed by atoms with Crippen molar-refractivity contribution in [3.05, 3.63) is 58.0 Å². The van der Waals surface area contributed by atoms with Gasteiger partial charge in [0.15, 0.2) is 11.5 Å². The number of hydrogen-bond donors (Lipinski definition) is 1. The van der Waals surface area contributed by atoms with Crippen LogP contribution in [0.15, 0.2) is 41.3 Å². The lowest BCUT2D eigenvalue weighted by atomic mass is 10.1. The Balaban J connectivity index is 1.57. The molecule has 1 aromatic carbocycles. The zero-order valence-electron chi connectivity index (χ0n) is 12.2. The van der Waals surface area contributed by atoms with Crippen LogP contribution in [0.1, 0.15) is 15.9 Å². The van der Waals surface area contributed by atoms with Crippen molar-refractivity contribution in [3.63, 3.8) is 0 Å². The molecule has 0 aliphatic carbocycles. The molecule has 3 rings (SSSR count). The second-order valence-electron chi connectivity index (χ2n) is 5.06. The number of benzene rings is 1. The predicted molar refractivity (Wildman–Crippen MR) is 80.3 cm³/mol. The fourth-order valence-corrected chi connectivity index (χ4v) is 2.25. The fraction of sp³-hybridized carbons (Fsp3) is 0.250. The SMILES string of the molecule is Cn1cc(C(=O)NCCc2ccc3c(c2)OCO3)ccc1=O. The largest absolute Gasteiger partial charge is 0.454 e. The highest BCUT2D eigenvalue weighted by Crippen LogP contribution is 2.32. The van der Waals surface area contributed by atoms with Gasteiger partial charge in [0, 0.05) is 25.9 Å². The Bertz CT molecular complexity index is 767. The van der Waals surface area contributed by atoms with Crippen LogP contribution in [0.2, 0.25) is 0 Å². The van der Waals surface area contributed by atoms with Gasteiger partial charge in [0.1, 0.15) is 0 Å². The highest BCUT2D eigenvalue weighted by atomic mass is 16.7. The summed E-state index contributed by atoms with van der Waals surface area (Å²) in [5.41, 5.74) is 1.38. The van der Waals surface area contributed by atoms with Gasteiger partial charge in [0.25, 0.3) is 5.91 Å². The zero-order chi connectivity index (χ0) is 15.5. The predicted octanol–water partition coefficient (Wildman–Crippen LogP) is 1.09. The number of hydrogen-bond acceptors (Lipinski definition) is 4. The summed E-state index contributed by atoms with van der Waals surface area (Å²) in [6.45, 7) is 0.754. The first kappa shape index (κ1) is 14.2. The highest BCUT2D eigenvalue weighted by molar-refractivity contribution is 5.93. The Morgan fingerprint density at radius 2 is 2.05 bits per heavy atom. The molecule has 0 atom stereocenters. The Hall–Kier alpha value is -2.76. The lowest BCUT2D eigenvalue weighted by Gasteiger charge is -2.07. The standard InChI is InChI=1S/C16H16N2O4/c1-18-9-12(3-5-15(18)19)16(20)17-7-6-11-2-4-13-14(8-11)22-10-21-13/h2-5,8-9H,6-7,10H2,1H3,(H,17,20). The maximum absolute atomic E-state index is 12.0. The van der Waals surface area contributed by atoms with E-state index in [1.165, 1.54) is 22.9 Å². The summed E-state index contributed by atoms with van der Waals surface area (Å²) >= 11 is 0. The number of amides is 1. The first-order valence-electron chi connectivity index (χ1n) is 6.97. The van der Waals surface area contributed by atoms with Gasteiger partial charge in [-0.05, 0) is 30.2 Å². The molecular weight excluding hydrogens is 284 g/mol. The molecule has 1 N–H and O–H groups in total. The highest BCUT2D eigenvalue weighted by Gasteiger charge is 2.13. The minimum Gasteiger partial charge on any atom is -0.454 e. The van der Waals surface area contributed by atoms with Gasteiger partial charge in [-0.25, -0.2) is 0 Å². The van der Waals surface area contributed by atoms with Crippen LogP contribution >= 0.6 is 0 Å². The van der Waals surface area contributed by atoms with E-state index in [1.54, 1.807) is 7.05 Å². The molecule has 1 aliphatic heterocycles. The maximum Gasteiger partial charge on any atom is 0.252 e. The molecule has 114 valence electrons. The average Bonchev–Trinajstić information content (AvgIpc) is 2.97. The second-order valence-corrected chi connectivity index (χ2v) is 5.06. The number of nitrogens with one attached hydrogen (secondary N) is 1. The van der Waals surface area contributed by atoms with Crippen LogP contribution in [-0.4, -0.2) is 23.8 Å². The van der Waals surface area contributed by atoms with E-state index in [4.69, 9.17) is 9.47 Å². The average molecular weight is 300 g/mol. The van der Waals surface area contributed by atoms with Gasteiger partial charge in [0.05, 0.1) is 5.56 Å². The van der Waals surface area contributed by atoms with Crippen molar-refractivity contribution in [2.24, 2.45) is 7.05 Å². The van der Waals surface area contributed by atoms with Crippen molar-refractivity contribution in [1.29, 1.82) is 0 Å². The molecular formula is C16H16N2O4. The normalized spacial score (nSPS) is 12.2. The van der Waals surface area contributed by atoms with E-state index in [9.17, 15) is 9.59 Å². The van der Waals surface area contributed by atoms with Gasteiger partial charge in [-0.15, -0.1) is 0 Å². The van der Waals surface area contributed by atoms with Gasteiger partial charge in [-0.2, -0.15) is 0 Å². The molecule has 6 heteroatoms. The number of aromatic nitrogens is 1. The molecule has 0 saturated carbocycles. The van der Waals surface area contributed by atoms with Gasteiger partial charge in [0.2, 0.25) is 12.4 Å². The number of carbonyl (C=O) groups is 1. The third-order valence-corrected chi connectivity index (χ3v) is 3.48. The second kappa shape index (κ2) is 5.93. The molecule has 0 saturated heterocycles. The minimum absolute atomic E-state index is 0.142. The van der Waals surface area contributed by atoms with E-state index in [2.05, 4.69) is 5.32 Å². The van der Waals surface area contributed by atoms with Gasteiger partial charge < -0.3 is 19.4 Å². The number of rotatable bonds is 4. The molecule has 1 aliphatic rings. The molecule has 1 aromatic heterocycles. The first-order valence-corrected chi connectivity index (χ1v) is 6.97. The van der Waals surface area contributed by atoms with Crippen LogP contribution in [0.5, 0.6) is 11.5 Å². The molecule has 0 unspecified atom stereocenters. The van der Waals surface area contributed by atoms with Gasteiger partial charge in [-0.3, -0.25) is 9.59 Å². The van der Waals surface area contributed by atoms with Crippen molar-refractivity contribution in [1.82, 2.24) is 9.88 Å². The van der Waals surface area contributed by atoms with Crippen molar-refractivity contribution in [2.45, 2.75) is 6.42 Å². The molecule has 2 aromatic rings. The molecule has 22 heavy (non-hydrogen) atoms. The van der Waals surface area contributed by atoms with E-state index in [0.29, 0.717) is 18.5 Å². The quantitative estimate of drug-likeness (QED) is 0.917. The van der Waals surface area contributed by atoms with E-state index < -0.39 is 0 Å². The van der Waals surface area contributed by atoms with Crippen molar-refractivity contribution in [2.75, 3.05) is 13.3 Å². The summed E-state index contributed by atoms with van der Waals surface area (Å²) in [6, 6.07) is 8.64. The summed E-state index contributed by atoms with van der Waals surface area (Å²) < 4.78 is 12.0. The first-order chi connectivity index (χ1) is 10.6.